The van der Waals surface area contributed by atoms with Crippen LogP contribution in [0, 0.1) is 0 Å². The Bertz CT molecular complexity index is 303. The van der Waals surface area contributed by atoms with E-state index in [-0.39, 0.29) is 6.61 Å². The topological polar surface area (TPSA) is 45.1 Å². The SMILES string of the molecule is CCCNC(C)c1ccc(SCCCO)cn1. The smallest absolute Gasteiger partial charge is 0.0571 e. The van der Waals surface area contributed by atoms with E-state index in [0.29, 0.717) is 6.04 Å². The summed E-state index contributed by atoms with van der Waals surface area (Å²) in [4.78, 5) is 5.64. The highest BCUT2D eigenvalue weighted by Crippen LogP contribution is 2.19. The van der Waals surface area contributed by atoms with E-state index in [9.17, 15) is 0 Å². The Morgan fingerprint density at radius 1 is 1.47 bits per heavy atom. The molecular formula is C13H22N2OS. The van der Waals surface area contributed by atoms with Crippen molar-refractivity contribution in [3.63, 3.8) is 0 Å². The molecule has 0 aliphatic rings. The van der Waals surface area contributed by atoms with Crippen LogP contribution in [0.25, 0.3) is 0 Å². The third-order valence-corrected chi connectivity index (χ3v) is 3.54. The standard InChI is InChI=1S/C13H22N2OS/c1-3-7-14-11(2)13-6-5-12(10-15-13)17-9-4-8-16/h5-6,10-11,14,16H,3-4,7-9H2,1-2H3. The number of hydrogen-bond donors (Lipinski definition) is 2. The first kappa shape index (κ1) is 14.5. The van der Waals surface area contributed by atoms with Gasteiger partial charge in [0, 0.05) is 29.5 Å². The fourth-order valence-electron chi connectivity index (χ4n) is 1.45. The first-order valence-electron chi connectivity index (χ1n) is 6.21. The van der Waals surface area contributed by atoms with Gasteiger partial charge in [-0.2, -0.15) is 0 Å². The molecule has 0 aliphatic carbocycles. The number of thioether (sulfide) groups is 1. The zero-order valence-electron chi connectivity index (χ0n) is 10.6. The van der Waals surface area contributed by atoms with Crippen molar-refractivity contribution in [1.82, 2.24) is 10.3 Å². The molecule has 4 heteroatoms. The van der Waals surface area contributed by atoms with Crippen LogP contribution in [0.4, 0.5) is 0 Å². The minimum atomic E-state index is 0.260. The highest BCUT2D eigenvalue weighted by Gasteiger charge is 2.05. The molecule has 0 saturated carbocycles. The molecule has 0 aliphatic heterocycles. The molecule has 2 N–H and O–H groups in total. The summed E-state index contributed by atoms with van der Waals surface area (Å²) in [6, 6.07) is 4.50. The Morgan fingerprint density at radius 3 is 2.88 bits per heavy atom. The van der Waals surface area contributed by atoms with E-state index in [4.69, 9.17) is 5.11 Å². The summed E-state index contributed by atoms with van der Waals surface area (Å²) in [5, 5.41) is 12.1. The number of aliphatic hydroxyl groups is 1. The number of rotatable bonds is 8. The van der Waals surface area contributed by atoms with Crippen LogP contribution < -0.4 is 5.32 Å². The van der Waals surface area contributed by atoms with E-state index in [2.05, 4.69) is 36.3 Å². The molecule has 0 saturated heterocycles. The summed E-state index contributed by atoms with van der Waals surface area (Å²) in [5.41, 5.74) is 1.09. The summed E-state index contributed by atoms with van der Waals surface area (Å²) in [6.45, 7) is 5.58. The zero-order chi connectivity index (χ0) is 12.5. The molecule has 1 unspecified atom stereocenters. The normalized spacial score (nSPS) is 12.6. The number of pyridine rings is 1. The Labute approximate surface area is 108 Å². The lowest BCUT2D eigenvalue weighted by Gasteiger charge is -2.12. The predicted octanol–water partition coefficient (Wildman–Crippen LogP) is 2.62. The van der Waals surface area contributed by atoms with Crippen molar-refractivity contribution in [1.29, 1.82) is 0 Å². The minimum Gasteiger partial charge on any atom is -0.396 e. The van der Waals surface area contributed by atoms with E-state index in [1.165, 1.54) is 4.90 Å². The van der Waals surface area contributed by atoms with E-state index in [0.717, 1.165) is 30.8 Å². The van der Waals surface area contributed by atoms with Crippen LogP contribution in [0.2, 0.25) is 0 Å². The average Bonchev–Trinajstić information content (AvgIpc) is 2.37. The van der Waals surface area contributed by atoms with Crippen LogP contribution in [0.15, 0.2) is 23.2 Å². The van der Waals surface area contributed by atoms with Crippen molar-refractivity contribution in [2.75, 3.05) is 18.9 Å². The highest BCUT2D eigenvalue weighted by atomic mass is 32.2. The van der Waals surface area contributed by atoms with Crippen molar-refractivity contribution >= 4 is 11.8 Å². The lowest BCUT2D eigenvalue weighted by atomic mass is 10.2. The third kappa shape index (κ3) is 5.52. The quantitative estimate of drug-likeness (QED) is 0.553. The van der Waals surface area contributed by atoms with Crippen molar-refractivity contribution in [2.24, 2.45) is 0 Å². The molecule has 17 heavy (non-hydrogen) atoms. The second kappa shape index (κ2) is 8.50. The van der Waals surface area contributed by atoms with Gasteiger partial charge in [0.05, 0.1) is 5.69 Å². The molecule has 1 heterocycles. The van der Waals surface area contributed by atoms with Crippen LogP contribution in [0.5, 0.6) is 0 Å². The minimum absolute atomic E-state index is 0.260. The van der Waals surface area contributed by atoms with Gasteiger partial charge in [-0.25, -0.2) is 0 Å². The predicted molar refractivity (Wildman–Crippen MR) is 73.4 cm³/mol. The number of hydrogen-bond acceptors (Lipinski definition) is 4. The van der Waals surface area contributed by atoms with Gasteiger partial charge in [0.1, 0.15) is 0 Å². The fraction of sp³-hybridized carbons (Fsp3) is 0.615. The van der Waals surface area contributed by atoms with E-state index in [1.807, 2.05) is 6.20 Å². The van der Waals surface area contributed by atoms with Gasteiger partial charge in [-0.15, -0.1) is 11.8 Å². The maximum atomic E-state index is 8.71. The maximum Gasteiger partial charge on any atom is 0.0571 e. The van der Waals surface area contributed by atoms with E-state index >= 15 is 0 Å². The first-order chi connectivity index (χ1) is 8.27. The summed E-state index contributed by atoms with van der Waals surface area (Å²) >= 11 is 1.74. The summed E-state index contributed by atoms with van der Waals surface area (Å²) in [7, 11) is 0. The molecule has 1 rings (SSSR count). The lowest BCUT2D eigenvalue weighted by molar-refractivity contribution is 0.296. The molecule has 0 fully saturated rings. The summed E-state index contributed by atoms with van der Waals surface area (Å²) in [6.07, 6.45) is 3.89. The van der Waals surface area contributed by atoms with Crippen LogP contribution in [-0.2, 0) is 0 Å². The molecular weight excluding hydrogens is 232 g/mol. The van der Waals surface area contributed by atoms with Crippen LogP contribution in [0.3, 0.4) is 0 Å². The number of nitrogens with zero attached hydrogens (tertiary/aromatic N) is 1. The van der Waals surface area contributed by atoms with Gasteiger partial charge in [0.25, 0.3) is 0 Å². The Hall–Kier alpha value is -0.580. The summed E-state index contributed by atoms with van der Waals surface area (Å²) < 4.78 is 0. The lowest BCUT2D eigenvalue weighted by Crippen LogP contribution is -2.20. The molecule has 96 valence electrons. The van der Waals surface area contributed by atoms with Gasteiger partial charge < -0.3 is 10.4 Å². The first-order valence-corrected chi connectivity index (χ1v) is 7.19. The molecule has 0 aromatic carbocycles. The van der Waals surface area contributed by atoms with Gasteiger partial charge in [0.2, 0.25) is 0 Å². The Morgan fingerprint density at radius 2 is 2.29 bits per heavy atom. The van der Waals surface area contributed by atoms with Crippen LogP contribution in [0.1, 0.15) is 38.4 Å². The molecule has 1 aromatic rings. The van der Waals surface area contributed by atoms with Gasteiger partial charge in [0.15, 0.2) is 0 Å². The van der Waals surface area contributed by atoms with Gasteiger partial charge in [-0.05, 0) is 38.4 Å². The van der Waals surface area contributed by atoms with Crippen LogP contribution in [-0.4, -0.2) is 29.0 Å². The number of aliphatic hydroxyl groups excluding tert-OH is 1. The van der Waals surface area contributed by atoms with Crippen molar-refractivity contribution in [3.8, 4) is 0 Å². The fourth-order valence-corrected chi connectivity index (χ4v) is 2.25. The average molecular weight is 254 g/mol. The van der Waals surface area contributed by atoms with E-state index in [1.54, 1.807) is 11.8 Å². The van der Waals surface area contributed by atoms with Crippen molar-refractivity contribution in [2.45, 2.75) is 37.6 Å². The molecule has 3 nitrogen and oxygen atoms in total. The van der Waals surface area contributed by atoms with Gasteiger partial charge >= 0.3 is 0 Å². The monoisotopic (exact) mass is 254 g/mol. The third-order valence-electron chi connectivity index (χ3n) is 2.47. The zero-order valence-corrected chi connectivity index (χ0v) is 11.5. The molecule has 0 amide bonds. The second-order valence-corrected chi connectivity index (χ2v) is 5.19. The number of nitrogens with one attached hydrogen (secondary N) is 1. The van der Waals surface area contributed by atoms with Gasteiger partial charge in [-0.1, -0.05) is 6.92 Å². The molecule has 1 aromatic heterocycles. The largest absolute Gasteiger partial charge is 0.396 e. The number of aromatic nitrogens is 1. The Kier molecular flexibility index (Phi) is 7.24. The van der Waals surface area contributed by atoms with E-state index < -0.39 is 0 Å². The Balaban J connectivity index is 2.43. The van der Waals surface area contributed by atoms with Crippen molar-refractivity contribution in [3.05, 3.63) is 24.0 Å². The molecule has 0 radical (unpaired) electrons. The van der Waals surface area contributed by atoms with Crippen molar-refractivity contribution < 1.29 is 5.11 Å². The maximum absolute atomic E-state index is 8.71. The summed E-state index contributed by atoms with van der Waals surface area (Å²) in [5.74, 6) is 0.946. The molecule has 0 bridgehead atoms. The van der Waals surface area contributed by atoms with Crippen LogP contribution >= 0.6 is 11.8 Å². The molecule has 0 spiro atoms. The van der Waals surface area contributed by atoms with Gasteiger partial charge in [-0.3, -0.25) is 4.98 Å². The molecule has 1 atom stereocenters. The highest BCUT2D eigenvalue weighted by molar-refractivity contribution is 7.99. The second-order valence-electron chi connectivity index (χ2n) is 4.02.